The zero-order chi connectivity index (χ0) is 22.5. The summed E-state index contributed by atoms with van der Waals surface area (Å²) in [7, 11) is 0. The largest absolute Gasteiger partial charge is 0.487 e. The topological polar surface area (TPSA) is 39.9 Å². The number of hydrogen-bond acceptors (Lipinski definition) is 3. The van der Waals surface area contributed by atoms with Gasteiger partial charge in [-0.25, -0.2) is 9.97 Å². The molecule has 0 amide bonds. The van der Waals surface area contributed by atoms with Gasteiger partial charge in [-0.05, 0) is 59.2 Å². The molecule has 33 heavy (non-hydrogen) atoms. The number of hydrogen-bond donors (Lipinski definition) is 0. The highest BCUT2D eigenvalue weighted by Crippen LogP contribution is 2.24. The molecule has 0 aliphatic heterocycles. The molecule has 5 rings (SSSR count). The maximum absolute atomic E-state index is 6.05. The zero-order valence-electron chi connectivity index (χ0n) is 17.9. The van der Waals surface area contributed by atoms with E-state index in [-0.39, 0.29) is 0 Å². The maximum atomic E-state index is 6.05. The SMILES string of the molecule is Clc1ccc(C=C(Cn2ccnc2)c2ccc(OCc3ccc4ccccc4n3)cc2)cc1. The Kier molecular flexibility index (Phi) is 6.18. The molecule has 0 unspecified atom stereocenters. The third kappa shape index (κ3) is 5.30. The molecular weight excluding hydrogens is 430 g/mol. The quantitative estimate of drug-likeness (QED) is 0.252. The van der Waals surface area contributed by atoms with Gasteiger partial charge in [-0.2, -0.15) is 0 Å². The van der Waals surface area contributed by atoms with Crippen molar-refractivity contribution < 1.29 is 4.74 Å². The lowest BCUT2D eigenvalue weighted by molar-refractivity contribution is 0.302. The van der Waals surface area contributed by atoms with Crippen LogP contribution in [0.2, 0.25) is 5.02 Å². The Balaban J connectivity index is 1.34. The molecule has 0 saturated carbocycles. The van der Waals surface area contributed by atoms with Gasteiger partial charge in [0, 0.05) is 29.3 Å². The third-order valence-electron chi connectivity index (χ3n) is 5.39. The summed E-state index contributed by atoms with van der Waals surface area (Å²) in [4.78, 5) is 8.84. The minimum absolute atomic E-state index is 0.423. The van der Waals surface area contributed by atoms with E-state index in [1.807, 2.05) is 73.2 Å². The van der Waals surface area contributed by atoms with Crippen LogP contribution in [-0.2, 0) is 13.2 Å². The van der Waals surface area contributed by atoms with Gasteiger partial charge in [0.05, 0.1) is 17.5 Å². The molecule has 0 spiro atoms. The van der Waals surface area contributed by atoms with Crippen molar-refractivity contribution in [2.45, 2.75) is 13.2 Å². The van der Waals surface area contributed by atoms with Crippen molar-refractivity contribution in [2.75, 3.05) is 0 Å². The van der Waals surface area contributed by atoms with Gasteiger partial charge in [0.15, 0.2) is 0 Å². The average Bonchev–Trinajstić information content (AvgIpc) is 3.37. The molecule has 0 aliphatic rings. The number of para-hydroxylation sites is 1. The predicted octanol–water partition coefficient (Wildman–Crippen LogP) is 6.90. The molecule has 4 nitrogen and oxygen atoms in total. The van der Waals surface area contributed by atoms with Gasteiger partial charge < -0.3 is 9.30 Å². The summed E-state index contributed by atoms with van der Waals surface area (Å²) in [6.07, 6.45) is 7.75. The van der Waals surface area contributed by atoms with Crippen LogP contribution in [-0.4, -0.2) is 14.5 Å². The van der Waals surface area contributed by atoms with E-state index in [4.69, 9.17) is 16.3 Å². The number of pyridine rings is 1. The van der Waals surface area contributed by atoms with Gasteiger partial charge >= 0.3 is 0 Å². The van der Waals surface area contributed by atoms with Gasteiger partial charge in [0.1, 0.15) is 12.4 Å². The summed E-state index contributed by atoms with van der Waals surface area (Å²) >= 11 is 6.05. The Labute approximate surface area is 197 Å². The van der Waals surface area contributed by atoms with Crippen molar-refractivity contribution in [1.82, 2.24) is 14.5 Å². The maximum Gasteiger partial charge on any atom is 0.130 e. The van der Waals surface area contributed by atoms with Crippen LogP contribution in [0.25, 0.3) is 22.6 Å². The Bertz CT molecular complexity index is 1380. The summed E-state index contributed by atoms with van der Waals surface area (Å²) < 4.78 is 8.05. The summed E-state index contributed by atoms with van der Waals surface area (Å²) in [5.41, 5.74) is 5.26. The monoisotopic (exact) mass is 451 g/mol. The molecule has 0 N–H and O–H groups in total. The van der Waals surface area contributed by atoms with Crippen LogP contribution in [0.15, 0.2) is 104 Å². The first-order valence-electron chi connectivity index (χ1n) is 10.7. The van der Waals surface area contributed by atoms with Gasteiger partial charge in [0.25, 0.3) is 0 Å². The summed E-state index contributed by atoms with van der Waals surface area (Å²) in [5.74, 6) is 0.808. The van der Waals surface area contributed by atoms with E-state index < -0.39 is 0 Å². The molecule has 0 aliphatic carbocycles. The van der Waals surface area contributed by atoms with Crippen LogP contribution in [0, 0.1) is 0 Å². The highest BCUT2D eigenvalue weighted by Gasteiger charge is 2.06. The fourth-order valence-electron chi connectivity index (χ4n) is 3.67. The molecule has 3 aromatic carbocycles. The molecule has 0 bridgehead atoms. The molecule has 0 radical (unpaired) electrons. The normalized spacial score (nSPS) is 11.6. The molecule has 5 heteroatoms. The highest BCUT2D eigenvalue weighted by atomic mass is 35.5. The molecule has 0 fully saturated rings. The van der Waals surface area contributed by atoms with E-state index in [9.17, 15) is 0 Å². The van der Waals surface area contributed by atoms with Crippen LogP contribution in [0.5, 0.6) is 5.75 Å². The van der Waals surface area contributed by atoms with Gasteiger partial charge in [0.2, 0.25) is 0 Å². The van der Waals surface area contributed by atoms with Crippen molar-refractivity contribution in [3.8, 4) is 5.75 Å². The summed E-state index contributed by atoms with van der Waals surface area (Å²) in [6, 6.07) is 28.2. The van der Waals surface area contributed by atoms with Crippen molar-refractivity contribution in [3.05, 3.63) is 125 Å². The lowest BCUT2D eigenvalue weighted by Gasteiger charge is -2.11. The molecule has 0 saturated heterocycles. The molecular formula is C28H22ClN3O. The molecule has 5 aromatic rings. The van der Waals surface area contributed by atoms with E-state index >= 15 is 0 Å². The van der Waals surface area contributed by atoms with Crippen LogP contribution < -0.4 is 4.74 Å². The van der Waals surface area contributed by atoms with E-state index in [0.717, 1.165) is 44.1 Å². The standard InChI is InChI=1S/C28H22ClN3O/c29-25-10-5-21(6-11-25)17-24(18-32-16-15-30-20-32)22-8-13-27(14-9-22)33-19-26-12-7-23-3-1-2-4-28(23)31-26/h1-17,20H,18-19H2. The lowest BCUT2D eigenvalue weighted by atomic mass is 10.0. The van der Waals surface area contributed by atoms with Gasteiger partial charge in [-0.1, -0.05) is 60.1 Å². The predicted molar refractivity (Wildman–Crippen MR) is 134 cm³/mol. The number of ether oxygens (including phenoxy) is 1. The number of imidazole rings is 1. The van der Waals surface area contributed by atoms with Crippen LogP contribution in [0.4, 0.5) is 0 Å². The van der Waals surface area contributed by atoms with Crippen molar-refractivity contribution in [1.29, 1.82) is 0 Å². The fourth-order valence-corrected chi connectivity index (χ4v) is 3.79. The van der Waals surface area contributed by atoms with Crippen molar-refractivity contribution in [3.63, 3.8) is 0 Å². The summed E-state index contributed by atoms with van der Waals surface area (Å²) in [5, 5.41) is 1.86. The van der Waals surface area contributed by atoms with Crippen LogP contribution in [0.1, 0.15) is 16.8 Å². The van der Waals surface area contributed by atoms with E-state index in [0.29, 0.717) is 13.2 Å². The number of allylic oxidation sites excluding steroid dienone is 1. The third-order valence-corrected chi connectivity index (χ3v) is 5.64. The van der Waals surface area contributed by atoms with Crippen molar-refractivity contribution in [2.24, 2.45) is 0 Å². The average molecular weight is 452 g/mol. The second-order valence-electron chi connectivity index (χ2n) is 7.76. The van der Waals surface area contributed by atoms with Crippen LogP contribution >= 0.6 is 11.6 Å². The second kappa shape index (κ2) is 9.72. The highest BCUT2D eigenvalue weighted by molar-refractivity contribution is 6.30. The number of fused-ring (bicyclic) bond motifs is 1. The Hall–Kier alpha value is -3.89. The fraction of sp³-hybridized carbons (Fsp3) is 0.0714. The number of nitrogens with zero attached hydrogens (tertiary/aromatic N) is 3. The first-order valence-corrected chi connectivity index (χ1v) is 11.1. The number of aromatic nitrogens is 3. The Morgan fingerprint density at radius 2 is 1.73 bits per heavy atom. The molecule has 2 heterocycles. The zero-order valence-corrected chi connectivity index (χ0v) is 18.7. The first-order chi connectivity index (χ1) is 16.2. The van der Waals surface area contributed by atoms with Crippen LogP contribution in [0.3, 0.4) is 0 Å². The number of benzene rings is 3. The molecule has 2 aromatic heterocycles. The second-order valence-corrected chi connectivity index (χ2v) is 8.20. The Morgan fingerprint density at radius 3 is 2.52 bits per heavy atom. The summed E-state index contributed by atoms with van der Waals surface area (Å²) in [6.45, 7) is 1.14. The lowest BCUT2D eigenvalue weighted by Crippen LogP contribution is -2.00. The molecule has 162 valence electrons. The number of halogens is 1. The van der Waals surface area contributed by atoms with Gasteiger partial charge in [-0.15, -0.1) is 0 Å². The van der Waals surface area contributed by atoms with E-state index in [1.54, 1.807) is 6.20 Å². The van der Waals surface area contributed by atoms with Crippen molar-refractivity contribution >= 4 is 34.2 Å². The minimum Gasteiger partial charge on any atom is -0.487 e. The number of rotatable bonds is 7. The smallest absolute Gasteiger partial charge is 0.130 e. The Morgan fingerprint density at radius 1 is 0.909 bits per heavy atom. The van der Waals surface area contributed by atoms with E-state index in [1.165, 1.54) is 0 Å². The van der Waals surface area contributed by atoms with E-state index in [2.05, 4.69) is 44.9 Å². The van der Waals surface area contributed by atoms with Gasteiger partial charge in [-0.3, -0.25) is 0 Å². The first kappa shape index (κ1) is 21.0. The molecule has 0 atom stereocenters. The minimum atomic E-state index is 0.423.